The zero-order chi connectivity index (χ0) is 12.3. The zero-order valence-corrected chi connectivity index (χ0v) is 9.44. The lowest BCUT2D eigenvalue weighted by Gasteiger charge is -2.06. The van der Waals surface area contributed by atoms with Crippen molar-refractivity contribution in [2.45, 2.75) is 6.61 Å². The molecule has 1 aromatic heterocycles. The van der Waals surface area contributed by atoms with E-state index in [2.05, 4.69) is 9.97 Å². The number of ether oxygens (including phenoxy) is 1. The molecule has 0 aliphatic rings. The average molecular weight is 253 g/mol. The molecular formula is C11H9ClN2O3. The molecule has 1 aromatic carbocycles. The van der Waals surface area contributed by atoms with Gasteiger partial charge in [0.15, 0.2) is 5.69 Å². The summed E-state index contributed by atoms with van der Waals surface area (Å²) in [6.45, 7) is 0.0748. The zero-order valence-electron chi connectivity index (χ0n) is 8.68. The van der Waals surface area contributed by atoms with E-state index >= 15 is 0 Å². The van der Waals surface area contributed by atoms with Gasteiger partial charge < -0.3 is 14.8 Å². The maximum Gasteiger partial charge on any atom is 0.356 e. The van der Waals surface area contributed by atoms with Crippen molar-refractivity contribution >= 4 is 17.6 Å². The summed E-state index contributed by atoms with van der Waals surface area (Å²) in [6, 6.07) is 6.97. The van der Waals surface area contributed by atoms with Crippen molar-refractivity contribution in [2.75, 3.05) is 0 Å². The third-order valence-corrected chi connectivity index (χ3v) is 2.44. The van der Waals surface area contributed by atoms with Crippen LogP contribution in [0.15, 0.2) is 30.6 Å². The molecule has 0 atom stereocenters. The lowest BCUT2D eigenvalue weighted by molar-refractivity contribution is 0.0688. The molecule has 0 aliphatic carbocycles. The van der Waals surface area contributed by atoms with E-state index in [9.17, 15) is 4.79 Å². The Balaban J connectivity index is 2.10. The van der Waals surface area contributed by atoms with Gasteiger partial charge in [-0.15, -0.1) is 0 Å². The molecule has 0 saturated carbocycles. The topological polar surface area (TPSA) is 75.2 Å². The van der Waals surface area contributed by atoms with E-state index in [1.165, 1.54) is 6.33 Å². The number of halogens is 1. The van der Waals surface area contributed by atoms with Gasteiger partial charge in [0.2, 0.25) is 0 Å². The van der Waals surface area contributed by atoms with Crippen LogP contribution in [0.3, 0.4) is 0 Å². The summed E-state index contributed by atoms with van der Waals surface area (Å²) in [5.41, 5.74) is 0.356. The van der Waals surface area contributed by atoms with E-state index in [1.54, 1.807) is 24.3 Å². The molecule has 2 aromatic rings. The fourth-order valence-electron chi connectivity index (χ4n) is 1.33. The number of hydrogen-bond acceptors (Lipinski definition) is 3. The summed E-state index contributed by atoms with van der Waals surface area (Å²) in [7, 11) is 0. The molecule has 0 fully saturated rings. The Kier molecular flexibility index (Phi) is 3.30. The second-order valence-corrected chi connectivity index (χ2v) is 3.66. The summed E-state index contributed by atoms with van der Waals surface area (Å²) < 4.78 is 5.41. The van der Waals surface area contributed by atoms with Crippen LogP contribution in [0, 0.1) is 0 Å². The number of carboxylic acids is 1. The summed E-state index contributed by atoms with van der Waals surface area (Å²) in [6.07, 6.45) is 1.31. The highest BCUT2D eigenvalue weighted by Crippen LogP contribution is 2.24. The van der Waals surface area contributed by atoms with Gasteiger partial charge in [0, 0.05) is 0 Å². The van der Waals surface area contributed by atoms with Gasteiger partial charge in [-0.2, -0.15) is 0 Å². The number of H-pyrrole nitrogens is 1. The van der Waals surface area contributed by atoms with E-state index in [-0.39, 0.29) is 12.3 Å². The summed E-state index contributed by atoms with van der Waals surface area (Å²) in [4.78, 5) is 17.2. The molecule has 6 heteroatoms. The van der Waals surface area contributed by atoms with Crippen LogP contribution >= 0.6 is 11.6 Å². The van der Waals surface area contributed by atoms with Gasteiger partial charge in [-0.1, -0.05) is 23.7 Å². The molecule has 0 spiro atoms. The van der Waals surface area contributed by atoms with E-state index in [0.29, 0.717) is 16.5 Å². The molecule has 2 N–H and O–H groups in total. The number of rotatable bonds is 4. The monoisotopic (exact) mass is 252 g/mol. The standard InChI is InChI=1S/C11H9ClN2O3/c12-7-3-1-2-4-9(7)17-5-8-10(11(15)16)14-6-13-8/h1-4,6H,5H2,(H,13,14)(H,15,16). The number of carbonyl (C=O) groups is 1. The first-order valence-corrected chi connectivity index (χ1v) is 5.19. The van der Waals surface area contributed by atoms with Crippen LogP contribution in [0.25, 0.3) is 0 Å². The molecule has 0 radical (unpaired) electrons. The highest BCUT2D eigenvalue weighted by Gasteiger charge is 2.13. The molecule has 88 valence electrons. The smallest absolute Gasteiger partial charge is 0.356 e. The first-order valence-electron chi connectivity index (χ1n) is 4.81. The number of nitrogens with one attached hydrogen (secondary N) is 1. The molecule has 0 aliphatic heterocycles. The number of para-hydroxylation sites is 1. The Hall–Kier alpha value is -2.01. The van der Waals surface area contributed by atoms with Crippen LogP contribution in [-0.2, 0) is 6.61 Å². The molecule has 1 heterocycles. The molecule has 0 bridgehead atoms. The molecule has 0 saturated heterocycles. The fourth-order valence-corrected chi connectivity index (χ4v) is 1.52. The Morgan fingerprint density at radius 2 is 2.24 bits per heavy atom. The SMILES string of the molecule is O=C(O)c1nc[nH]c1COc1ccccc1Cl. The van der Waals surface area contributed by atoms with E-state index < -0.39 is 5.97 Å². The molecule has 0 amide bonds. The molecule has 5 nitrogen and oxygen atoms in total. The number of aromatic amines is 1. The van der Waals surface area contributed by atoms with E-state index in [1.807, 2.05) is 0 Å². The maximum absolute atomic E-state index is 10.8. The molecular weight excluding hydrogens is 244 g/mol. The lowest BCUT2D eigenvalue weighted by Crippen LogP contribution is -2.05. The number of aromatic nitrogens is 2. The lowest BCUT2D eigenvalue weighted by atomic mass is 10.3. The van der Waals surface area contributed by atoms with Crippen molar-refractivity contribution in [3.63, 3.8) is 0 Å². The number of hydrogen-bond donors (Lipinski definition) is 2. The molecule has 0 unspecified atom stereocenters. The van der Waals surface area contributed by atoms with Crippen LogP contribution in [-0.4, -0.2) is 21.0 Å². The van der Waals surface area contributed by atoms with Gasteiger partial charge in [0.25, 0.3) is 0 Å². The van der Waals surface area contributed by atoms with Crippen LogP contribution in [0.2, 0.25) is 5.02 Å². The van der Waals surface area contributed by atoms with Gasteiger partial charge in [-0.3, -0.25) is 0 Å². The van der Waals surface area contributed by atoms with Gasteiger partial charge in [-0.05, 0) is 12.1 Å². The number of nitrogens with zero attached hydrogens (tertiary/aromatic N) is 1. The minimum atomic E-state index is -1.09. The average Bonchev–Trinajstić information content (AvgIpc) is 2.76. The van der Waals surface area contributed by atoms with E-state index in [4.69, 9.17) is 21.4 Å². The first-order chi connectivity index (χ1) is 8.18. The van der Waals surface area contributed by atoms with Gasteiger partial charge >= 0.3 is 5.97 Å². The van der Waals surface area contributed by atoms with Crippen LogP contribution in [0.4, 0.5) is 0 Å². The number of imidazole rings is 1. The van der Waals surface area contributed by atoms with Crippen molar-refractivity contribution in [1.29, 1.82) is 0 Å². The Morgan fingerprint density at radius 3 is 2.94 bits per heavy atom. The molecule has 17 heavy (non-hydrogen) atoms. The second-order valence-electron chi connectivity index (χ2n) is 3.25. The maximum atomic E-state index is 10.8. The van der Waals surface area contributed by atoms with Crippen LogP contribution in [0.5, 0.6) is 5.75 Å². The Bertz CT molecular complexity index is 539. The highest BCUT2D eigenvalue weighted by molar-refractivity contribution is 6.32. The third-order valence-electron chi connectivity index (χ3n) is 2.13. The van der Waals surface area contributed by atoms with E-state index in [0.717, 1.165) is 0 Å². The molecule has 2 rings (SSSR count). The first kappa shape index (κ1) is 11.5. The quantitative estimate of drug-likeness (QED) is 0.876. The van der Waals surface area contributed by atoms with Gasteiger partial charge in [0.1, 0.15) is 12.4 Å². The summed E-state index contributed by atoms with van der Waals surface area (Å²) in [5, 5.41) is 9.32. The predicted molar refractivity (Wildman–Crippen MR) is 61.3 cm³/mol. The minimum absolute atomic E-state index is 0.0444. The normalized spacial score (nSPS) is 10.2. The number of aromatic carboxylic acids is 1. The highest BCUT2D eigenvalue weighted by atomic mass is 35.5. The Labute approximate surface area is 102 Å². The summed E-state index contributed by atoms with van der Waals surface area (Å²) in [5.74, 6) is -0.593. The third kappa shape index (κ3) is 2.57. The van der Waals surface area contributed by atoms with Crippen molar-refractivity contribution < 1.29 is 14.6 Å². The van der Waals surface area contributed by atoms with Crippen molar-refractivity contribution in [2.24, 2.45) is 0 Å². The van der Waals surface area contributed by atoms with Crippen molar-refractivity contribution in [1.82, 2.24) is 9.97 Å². The van der Waals surface area contributed by atoms with Crippen molar-refractivity contribution in [3.8, 4) is 5.75 Å². The van der Waals surface area contributed by atoms with Crippen LogP contribution in [0.1, 0.15) is 16.2 Å². The van der Waals surface area contributed by atoms with Gasteiger partial charge in [-0.25, -0.2) is 9.78 Å². The number of benzene rings is 1. The number of carboxylic acid groups (broad SMARTS) is 1. The second kappa shape index (κ2) is 4.88. The van der Waals surface area contributed by atoms with Gasteiger partial charge in [0.05, 0.1) is 17.0 Å². The Morgan fingerprint density at radius 1 is 1.47 bits per heavy atom. The van der Waals surface area contributed by atoms with Crippen molar-refractivity contribution in [3.05, 3.63) is 47.0 Å². The minimum Gasteiger partial charge on any atom is -0.486 e. The van der Waals surface area contributed by atoms with Crippen LogP contribution < -0.4 is 4.74 Å². The summed E-state index contributed by atoms with van der Waals surface area (Å²) >= 11 is 5.90. The fraction of sp³-hybridized carbons (Fsp3) is 0.0909. The largest absolute Gasteiger partial charge is 0.486 e. The predicted octanol–water partition coefficient (Wildman–Crippen LogP) is 2.34.